The first-order valence-electron chi connectivity index (χ1n) is 2.09. The zero-order chi connectivity index (χ0) is 5.86. The molecule has 0 heterocycles. The molecule has 0 saturated heterocycles. The van der Waals surface area contributed by atoms with Crippen LogP contribution in [0.3, 0.4) is 0 Å². The topological polar surface area (TPSA) is 37.3 Å². The van der Waals surface area contributed by atoms with Crippen LogP contribution in [0.1, 0.15) is 13.3 Å². The third-order valence-electron chi connectivity index (χ3n) is 0.729. The fraction of sp³-hybridized carbons (Fsp3) is 0.400. The van der Waals surface area contributed by atoms with Crippen molar-refractivity contribution in [3.8, 4) is 0 Å². The predicted molar refractivity (Wildman–Crippen MR) is 27.1 cm³/mol. The zero-order valence-electron chi connectivity index (χ0n) is 4.62. The Morgan fingerprint density at radius 2 is 2.12 bits per heavy atom. The molecule has 0 rings (SSSR count). The van der Waals surface area contributed by atoms with Crippen molar-refractivity contribution >= 4 is 5.97 Å². The second-order valence-electron chi connectivity index (χ2n) is 1.26. The van der Waals surface area contributed by atoms with Crippen LogP contribution in [0.4, 0.5) is 0 Å². The molecule has 0 saturated carbocycles. The number of carboxylic acid groups (broad SMARTS) is 1. The van der Waals surface area contributed by atoms with Crippen LogP contribution in [-0.2, 0) is 4.79 Å². The minimum atomic E-state index is -0.900. The number of rotatable bonds is 2. The SMILES string of the molecule is C=C(CC)C(=O)O.[Gd]. The van der Waals surface area contributed by atoms with Crippen molar-refractivity contribution < 1.29 is 49.8 Å². The molecule has 0 spiro atoms. The Morgan fingerprint density at radius 1 is 1.75 bits per heavy atom. The van der Waals surface area contributed by atoms with Crippen LogP contribution in [0.2, 0.25) is 0 Å². The number of aliphatic carboxylic acids is 1. The van der Waals surface area contributed by atoms with E-state index in [1.165, 1.54) is 0 Å². The first-order valence-corrected chi connectivity index (χ1v) is 2.09. The summed E-state index contributed by atoms with van der Waals surface area (Å²) in [4.78, 5) is 9.83. The second-order valence-corrected chi connectivity index (χ2v) is 1.26. The minimum absolute atomic E-state index is 0. The third kappa shape index (κ3) is 4.69. The predicted octanol–water partition coefficient (Wildman–Crippen LogP) is 1.04. The molecule has 0 aromatic rings. The Labute approximate surface area is 80.7 Å². The summed E-state index contributed by atoms with van der Waals surface area (Å²) in [5, 5.41) is 8.08. The smallest absolute Gasteiger partial charge is 0.330 e. The van der Waals surface area contributed by atoms with Crippen molar-refractivity contribution in [3.63, 3.8) is 0 Å². The van der Waals surface area contributed by atoms with Gasteiger partial charge >= 0.3 is 5.97 Å². The molecule has 0 radical (unpaired) electrons. The van der Waals surface area contributed by atoms with Crippen LogP contribution in [0, 0.1) is 39.9 Å². The quantitative estimate of drug-likeness (QED) is 0.751. The van der Waals surface area contributed by atoms with E-state index in [1.807, 2.05) is 0 Å². The summed E-state index contributed by atoms with van der Waals surface area (Å²) in [6, 6.07) is 0. The summed E-state index contributed by atoms with van der Waals surface area (Å²) >= 11 is 0. The molecule has 0 aliphatic carbocycles. The van der Waals surface area contributed by atoms with Gasteiger partial charge in [-0.1, -0.05) is 13.5 Å². The molecule has 8 heavy (non-hydrogen) atoms. The van der Waals surface area contributed by atoms with Gasteiger partial charge in [-0.15, -0.1) is 0 Å². The Hall–Kier alpha value is 0.535. The van der Waals surface area contributed by atoms with Crippen molar-refractivity contribution in [1.82, 2.24) is 0 Å². The largest absolute Gasteiger partial charge is 0.478 e. The molecule has 0 fully saturated rings. The van der Waals surface area contributed by atoms with Gasteiger partial charge in [0.05, 0.1) is 0 Å². The van der Waals surface area contributed by atoms with Gasteiger partial charge in [-0.05, 0) is 6.42 Å². The van der Waals surface area contributed by atoms with Gasteiger partial charge in [0, 0.05) is 45.5 Å². The van der Waals surface area contributed by atoms with E-state index in [9.17, 15) is 4.79 Å². The molecule has 1 N–H and O–H groups in total. The second kappa shape index (κ2) is 5.67. The van der Waals surface area contributed by atoms with Crippen molar-refractivity contribution in [3.05, 3.63) is 12.2 Å². The van der Waals surface area contributed by atoms with Gasteiger partial charge in [0.1, 0.15) is 0 Å². The van der Waals surface area contributed by atoms with Crippen molar-refractivity contribution in [2.24, 2.45) is 0 Å². The molecular formula is C5H8GdO2. The standard InChI is InChI=1S/C5H8O2.Gd/c1-3-4(2)5(6)7;/h2-3H2,1H3,(H,6,7);. The van der Waals surface area contributed by atoms with Crippen LogP contribution in [0.25, 0.3) is 0 Å². The molecule has 2 nitrogen and oxygen atoms in total. The molecule has 0 aromatic carbocycles. The van der Waals surface area contributed by atoms with Crippen LogP contribution >= 0.6 is 0 Å². The summed E-state index contributed by atoms with van der Waals surface area (Å²) in [7, 11) is 0. The molecule has 0 aromatic heterocycles. The first kappa shape index (κ1) is 11.3. The van der Waals surface area contributed by atoms with Gasteiger partial charge < -0.3 is 5.11 Å². The van der Waals surface area contributed by atoms with Gasteiger partial charge in [0.2, 0.25) is 0 Å². The van der Waals surface area contributed by atoms with Gasteiger partial charge in [0.25, 0.3) is 0 Å². The van der Waals surface area contributed by atoms with E-state index >= 15 is 0 Å². The zero-order valence-corrected chi connectivity index (χ0v) is 6.89. The van der Waals surface area contributed by atoms with E-state index in [0.29, 0.717) is 6.42 Å². The number of carbonyl (C=O) groups is 1. The molecule has 0 unspecified atom stereocenters. The maximum atomic E-state index is 9.83. The summed E-state index contributed by atoms with van der Waals surface area (Å²) in [6.45, 7) is 5.03. The van der Waals surface area contributed by atoms with Crippen LogP contribution in [-0.4, -0.2) is 11.1 Å². The number of carboxylic acids is 1. The van der Waals surface area contributed by atoms with E-state index < -0.39 is 5.97 Å². The molecule has 0 atom stereocenters. The van der Waals surface area contributed by atoms with E-state index in [0.717, 1.165) is 0 Å². The van der Waals surface area contributed by atoms with E-state index in [-0.39, 0.29) is 45.5 Å². The average molecular weight is 257 g/mol. The fourth-order valence-corrected chi connectivity index (χ4v) is 0.151. The van der Waals surface area contributed by atoms with E-state index in [2.05, 4.69) is 6.58 Å². The average Bonchev–Trinajstić information content (AvgIpc) is 1.65. The van der Waals surface area contributed by atoms with E-state index in [1.54, 1.807) is 6.92 Å². The van der Waals surface area contributed by atoms with Crippen LogP contribution < -0.4 is 0 Å². The molecule has 0 aliphatic rings. The summed E-state index contributed by atoms with van der Waals surface area (Å²) in [6.07, 6.45) is 0.523. The number of hydrogen-bond acceptors (Lipinski definition) is 1. The number of hydrogen-bond donors (Lipinski definition) is 1. The Kier molecular flexibility index (Phi) is 8.04. The van der Waals surface area contributed by atoms with Gasteiger partial charge in [-0.25, -0.2) is 4.79 Å². The van der Waals surface area contributed by atoms with Crippen molar-refractivity contribution in [2.45, 2.75) is 13.3 Å². The summed E-state index contributed by atoms with van der Waals surface area (Å²) in [5.41, 5.74) is 0.264. The van der Waals surface area contributed by atoms with Crippen molar-refractivity contribution in [1.29, 1.82) is 0 Å². The summed E-state index contributed by atoms with van der Waals surface area (Å²) in [5.74, 6) is -0.900. The Bertz CT molecular complexity index is 98.6. The first-order chi connectivity index (χ1) is 3.18. The molecule has 48 valence electrons. The Balaban J connectivity index is 0. The molecule has 0 amide bonds. The Morgan fingerprint density at radius 3 is 2.12 bits per heavy atom. The fourth-order valence-electron chi connectivity index (χ4n) is 0.151. The van der Waals surface area contributed by atoms with Crippen LogP contribution in [0.5, 0.6) is 0 Å². The van der Waals surface area contributed by atoms with Crippen molar-refractivity contribution in [2.75, 3.05) is 0 Å². The minimum Gasteiger partial charge on any atom is -0.478 e. The normalized spacial score (nSPS) is 7.12. The monoisotopic (exact) mass is 258 g/mol. The van der Waals surface area contributed by atoms with Gasteiger partial charge in [-0.2, -0.15) is 0 Å². The van der Waals surface area contributed by atoms with Gasteiger partial charge in [-0.3, -0.25) is 0 Å². The molecule has 3 heteroatoms. The molecular weight excluding hydrogens is 249 g/mol. The maximum absolute atomic E-state index is 9.83. The maximum Gasteiger partial charge on any atom is 0.330 e. The molecule has 0 aliphatic heterocycles. The summed E-state index contributed by atoms with van der Waals surface area (Å²) < 4.78 is 0. The third-order valence-corrected chi connectivity index (χ3v) is 0.729. The van der Waals surface area contributed by atoms with Gasteiger partial charge in [0.15, 0.2) is 0 Å². The molecule has 0 bridgehead atoms. The van der Waals surface area contributed by atoms with E-state index in [4.69, 9.17) is 5.11 Å². The van der Waals surface area contributed by atoms with Crippen LogP contribution in [0.15, 0.2) is 12.2 Å².